The highest BCUT2D eigenvalue weighted by Crippen LogP contribution is 2.32. The topological polar surface area (TPSA) is 65.5 Å². The standard InChI is InChI=1S/C21H30N4O2/c26-20(23-15-16-2-1-9-22-14-16)17-5-10-24(11-6-17)19-7-12-25(13-8-19)21(27)18-3-4-18/h1-2,9,14,17-19H,3-8,10-13,15H2,(H,23,26). The van der Waals surface area contributed by atoms with Crippen molar-refractivity contribution < 1.29 is 9.59 Å². The van der Waals surface area contributed by atoms with Gasteiger partial charge in [0.05, 0.1) is 0 Å². The Bertz CT molecular complexity index is 645. The normalized spacial score (nSPS) is 22.6. The number of nitrogens with zero attached hydrogens (tertiary/aromatic N) is 3. The quantitative estimate of drug-likeness (QED) is 0.859. The molecule has 0 spiro atoms. The number of amides is 2. The molecule has 146 valence electrons. The summed E-state index contributed by atoms with van der Waals surface area (Å²) in [7, 11) is 0. The summed E-state index contributed by atoms with van der Waals surface area (Å²) in [4.78, 5) is 33.3. The van der Waals surface area contributed by atoms with Gasteiger partial charge in [-0.05, 0) is 63.2 Å². The molecule has 0 unspecified atom stereocenters. The maximum atomic E-state index is 12.4. The van der Waals surface area contributed by atoms with Crippen molar-refractivity contribution >= 4 is 11.8 Å². The minimum Gasteiger partial charge on any atom is -0.352 e. The van der Waals surface area contributed by atoms with Crippen LogP contribution in [0.25, 0.3) is 0 Å². The Kier molecular flexibility index (Phi) is 5.72. The first-order valence-corrected chi connectivity index (χ1v) is 10.4. The van der Waals surface area contributed by atoms with Crippen molar-refractivity contribution in [2.75, 3.05) is 26.2 Å². The zero-order valence-electron chi connectivity index (χ0n) is 16.0. The van der Waals surface area contributed by atoms with E-state index < -0.39 is 0 Å². The molecule has 2 amide bonds. The van der Waals surface area contributed by atoms with E-state index in [1.54, 1.807) is 12.4 Å². The maximum absolute atomic E-state index is 12.4. The van der Waals surface area contributed by atoms with Crippen molar-refractivity contribution in [2.24, 2.45) is 11.8 Å². The minimum atomic E-state index is 0.120. The van der Waals surface area contributed by atoms with E-state index in [1.165, 1.54) is 0 Å². The Morgan fingerprint density at radius 3 is 2.37 bits per heavy atom. The second kappa shape index (κ2) is 8.38. The number of hydrogen-bond donors (Lipinski definition) is 1. The van der Waals surface area contributed by atoms with Gasteiger partial charge in [0, 0.05) is 49.9 Å². The van der Waals surface area contributed by atoms with E-state index in [4.69, 9.17) is 0 Å². The molecule has 0 bridgehead atoms. The van der Waals surface area contributed by atoms with Gasteiger partial charge in [0.2, 0.25) is 11.8 Å². The lowest BCUT2D eigenvalue weighted by atomic mass is 9.92. The zero-order chi connectivity index (χ0) is 18.6. The Balaban J connectivity index is 1.18. The van der Waals surface area contributed by atoms with Gasteiger partial charge in [0.25, 0.3) is 0 Å². The molecule has 1 saturated carbocycles. The molecule has 1 aliphatic carbocycles. The molecule has 0 atom stereocenters. The van der Waals surface area contributed by atoms with Crippen molar-refractivity contribution in [3.63, 3.8) is 0 Å². The molecule has 4 rings (SSSR count). The second-order valence-corrected chi connectivity index (χ2v) is 8.22. The van der Waals surface area contributed by atoms with Gasteiger partial charge >= 0.3 is 0 Å². The Morgan fingerprint density at radius 2 is 1.74 bits per heavy atom. The van der Waals surface area contributed by atoms with Crippen LogP contribution in [0.3, 0.4) is 0 Å². The van der Waals surface area contributed by atoms with E-state index in [-0.39, 0.29) is 11.8 Å². The highest BCUT2D eigenvalue weighted by molar-refractivity contribution is 5.81. The summed E-state index contributed by atoms with van der Waals surface area (Å²) < 4.78 is 0. The first-order valence-electron chi connectivity index (χ1n) is 10.4. The van der Waals surface area contributed by atoms with Gasteiger partial charge in [-0.15, -0.1) is 0 Å². The Morgan fingerprint density at radius 1 is 1.00 bits per heavy atom. The number of carbonyl (C=O) groups excluding carboxylic acids is 2. The van der Waals surface area contributed by atoms with Gasteiger partial charge in [0.15, 0.2) is 0 Å². The lowest BCUT2D eigenvalue weighted by molar-refractivity contribution is -0.134. The van der Waals surface area contributed by atoms with Crippen LogP contribution in [0.4, 0.5) is 0 Å². The zero-order valence-corrected chi connectivity index (χ0v) is 16.0. The van der Waals surface area contributed by atoms with E-state index in [0.29, 0.717) is 24.4 Å². The number of piperidine rings is 2. The summed E-state index contributed by atoms with van der Waals surface area (Å²) in [6, 6.07) is 4.45. The lowest BCUT2D eigenvalue weighted by Crippen LogP contribution is -2.50. The average Bonchev–Trinajstić information content (AvgIpc) is 3.58. The van der Waals surface area contributed by atoms with Crippen LogP contribution in [0.15, 0.2) is 24.5 Å². The predicted octanol–water partition coefficient (Wildman–Crippen LogP) is 1.81. The fourth-order valence-electron chi connectivity index (χ4n) is 4.40. The molecule has 27 heavy (non-hydrogen) atoms. The Labute approximate surface area is 161 Å². The summed E-state index contributed by atoms with van der Waals surface area (Å²) in [5, 5.41) is 3.06. The van der Waals surface area contributed by atoms with Crippen LogP contribution in [-0.4, -0.2) is 58.8 Å². The largest absolute Gasteiger partial charge is 0.352 e. The molecule has 2 saturated heterocycles. The summed E-state index contributed by atoms with van der Waals surface area (Å²) in [6.07, 6.45) is 9.74. The molecule has 3 heterocycles. The maximum Gasteiger partial charge on any atom is 0.225 e. The van der Waals surface area contributed by atoms with Crippen molar-refractivity contribution in [3.05, 3.63) is 30.1 Å². The van der Waals surface area contributed by atoms with Crippen molar-refractivity contribution in [3.8, 4) is 0 Å². The van der Waals surface area contributed by atoms with Crippen LogP contribution < -0.4 is 5.32 Å². The first-order chi connectivity index (χ1) is 13.2. The monoisotopic (exact) mass is 370 g/mol. The van der Waals surface area contributed by atoms with E-state index in [1.807, 2.05) is 12.1 Å². The molecule has 0 radical (unpaired) electrons. The molecule has 1 aromatic rings. The van der Waals surface area contributed by atoms with E-state index >= 15 is 0 Å². The third-order valence-corrected chi connectivity index (χ3v) is 6.31. The third kappa shape index (κ3) is 4.67. The van der Waals surface area contributed by atoms with Gasteiger partial charge in [-0.1, -0.05) is 6.07 Å². The van der Waals surface area contributed by atoms with E-state index in [2.05, 4.69) is 20.1 Å². The minimum absolute atomic E-state index is 0.120. The number of rotatable bonds is 5. The molecular weight excluding hydrogens is 340 g/mol. The van der Waals surface area contributed by atoms with E-state index in [0.717, 1.165) is 70.3 Å². The van der Waals surface area contributed by atoms with Crippen molar-refractivity contribution in [2.45, 2.75) is 51.1 Å². The SMILES string of the molecule is O=C(NCc1cccnc1)C1CCN(C2CCN(C(=O)C3CC3)CC2)CC1. The lowest BCUT2D eigenvalue weighted by Gasteiger charge is -2.41. The van der Waals surface area contributed by atoms with Crippen molar-refractivity contribution in [1.29, 1.82) is 0 Å². The van der Waals surface area contributed by atoms with Crippen molar-refractivity contribution in [1.82, 2.24) is 20.1 Å². The number of aromatic nitrogens is 1. The predicted molar refractivity (Wildman–Crippen MR) is 103 cm³/mol. The highest BCUT2D eigenvalue weighted by atomic mass is 16.2. The smallest absolute Gasteiger partial charge is 0.225 e. The summed E-state index contributed by atoms with van der Waals surface area (Å²) >= 11 is 0. The molecular formula is C21H30N4O2. The average molecular weight is 370 g/mol. The number of hydrogen-bond acceptors (Lipinski definition) is 4. The fraction of sp³-hybridized carbons (Fsp3) is 0.667. The summed E-state index contributed by atoms with van der Waals surface area (Å²) in [5.41, 5.74) is 1.04. The van der Waals surface area contributed by atoms with Crippen LogP contribution in [0, 0.1) is 11.8 Å². The first kappa shape index (κ1) is 18.4. The van der Waals surface area contributed by atoms with E-state index in [9.17, 15) is 9.59 Å². The van der Waals surface area contributed by atoms with Crippen LogP contribution in [-0.2, 0) is 16.1 Å². The van der Waals surface area contributed by atoms with Crippen LogP contribution in [0.1, 0.15) is 44.1 Å². The van der Waals surface area contributed by atoms with Crippen LogP contribution >= 0.6 is 0 Å². The second-order valence-electron chi connectivity index (χ2n) is 8.22. The molecule has 1 N–H and O–H groups in total. The number of likely N-dealkylation sites (tertiary alicyclic amines) is 2. The molecule has 3 aliphatic rings. The van der Waals surface area contributed by atoms with Gasteiger partial charge in [-0.2, -0.15) is 0 Å². The summed E-state index contributed by atoms with van der Waals surface area (Å²) in [5.74, 6) is 1.01. The van der Waals surface area contributed by atoms with Gasteiger partial charge < -0.3 is 15.1 Å². The van der Waals surface area contributed by atoms with Crippen LogP contribution in [0.2, 0.25) is 0 Å². The van der Waals surface area contributed by atoms with Gasteiger partial charge in [0.1, 0.15) is 0 Å². The molecule has 1 aromatic heterocycles. The third-order valence-electron chi connectivity index (χ3n) is 6.31. The van der Waals surface area contributed by atoms with Gasteiger partial charge in [-0.3, -0.25) is 14.6 Å². The molecule has 6 nitrogen and oxygen atoms in total. The number of nitrogens with one attached hydrogen (secondary N) is 1. The van der Waals surface area contributed by atoms with Gasteiger partial charge in [-0.25, -0.2) is 0 Å². The fourth-order valence-corrected chi connectivity index (χ4v) is 4.40. The molecule has 2 aliphatic heterocycles. The number of carbonyl (C=O) groups is 2. The summed E-state index contributed by atoms with van der Waals surface area (Å²) in [6.45, 7) is 4.36. The molecule has 6 heteroatoms. The molecule has 0 aromatic carbocycles. The van der Waals surface area contributed by atoms with Crippen LogP contribution in [0.5, 0.6) is 0 Å². The number of pyridine rings is 1. The Hall–Kier alpha value is -1.95. The highest BCUT2D eigenvalue weighted by Gasteiger charge is 2.36. The molecule has 3 fully saturated rings.